The van der Waals surface area contributed by atoms with Gasteiger partial charge in [0.05, 0.1) is 0 Å². The predicted molar refractivity (Wildman–Crippen MR) is 76.7 cm³/mol. The van der Waals surface area contributed by atoms with Crippen LogP contribution >= 0.6 is 0 Å². The maximum absolute atomic E-state index is 8.23. The molecule has 3 nitrogen and oxygen atoms in total. The molecule has 0 aliphatic carbocycles. The van der Waals surface area contributed by atoms with E-state index in [1.807, 2.05) is 44.2 Å². The lowest BCUT2D eigenvalue weighted by Gasteiger charge is -2.05. The van der Waals surface area contributed by atoms with Gasteiger partial charge >= 0.3 is 0 Å². The summed E-state index contributed by atoms with van der Waals surface area (Å²) in [5.74, 6) is 0.730. The average Bonchev–Trinajstić information content (AvgIpc) is 2.46. The van der Waals surface area contributed by atoms with Gasteiger partial charge in [0.15, 0.2) is 0 Å². The molecule has 1 rings (SSSR count). The van der Waals surface area contributed by atoms with Crippen LogP contribution in [0.4, 0.5) is 0 Å². The second kappa shape index (κ2) is 10.7. The fourth-order valence-electron chi connectivity index (χ4n) is 1.08. The van der Waals surface area contributed by atoms with E-state index in [2.05, 4.69) is 17.9 Å². The molecular weight excluding hydrogens is 238 g/mol. The molecule has 0 saturated carbocycles. The normalized spacial score (nSPS) is 8.89. The van der Waals surface area contributed by atoms with Crippen molar-refractivity contribution in [3.05, 3.63) is 72.7 Å². The summed E-state index contributed by atoms with van der Waals surface area (Å²) >= 11 is 0. The minimum Gasteiger partial charge on any atom is -0.490 e. The van der Waals surface area contributed by atoms with Crippen LogP contribution in [-0.2, 0) is 16.1 Å². The standard InChI is InChI=1S/C14H13NO2.C2H6/c1-12(8-9-13(2)17-11-15)16-10-14-6-4-3-5-7-14;1-2/h3-9H,1-2,10H2;1-2H3/b9-8-;. The second-order valence-electron chi connectivity index (χ2n) is 3.23. The molecule has 0 atom stereocenters. The Morgan fingerprint density at radius 1 is 1.16 bits per heavy atom. The molecule has 1 aromatic carbocycles. The molecule has 0 N–H and O–H groups in total. The fourth-order valence-corrected chi connectivity index (χ4v) is 1.08. The SMILES string of the molecule is C=C(/C=C\C(=C)OCc1ccccc1)OC#N.CC. The molecule has 0 amide bonds. The summed E-state index contributed by atoms with van der Waals surface area (Å²) < 4.78 is 9.88. The van der Waals surface area contributed by atoms with Crippen molar-refractivity contribution in [1.29, 1.82) is 5.26 Å². The average molecular weight is 257 g/mol. The number of hydrogen-bond donors (Lipinski definition) is 0. The number of nitrogens with zero attached hydrogens (tertiary/aromatic N) is 1. The second-order valence-corrected chi connectivity index (χ2v) is 3.23. The molecule has 0 aliphatic rings. The van der Waals surface area contributed by atoms with Crippen LogP contribution in [0, 0.1) is 11.5 Å². The minimum absolute atomic E-state index is 0.247. The number of ether oxygens (including phenoxy) is 2. The van der Waals surface area contributed by atoms with Gasteiger partial charge in [0, 0.05) is 0 Å². The summed E-state index contributed by atoms with van der Waals surface area (Å²) in [6, 6.07) is 9.77. The van der Waals surface area contributed by atoms with Crippen LogP contribution in [0.3, 0.4) is 0 Å². The molecule has 0 aliphatic heterocycles. The zero-order valence-corrected chi connectivity index (χ0v) is 11.4. The Morgan fingerprint density at radius 2 is 1.74 bits per heavy atom. The lowest BCUT2D eigenvalue weighted by Crippen LogP contribution is -1.90. The van der Waals surface area contributed by atoms with E-state index in [1.54, 1.807) is 6.08 Å². The van der Waals surface area contributed by atoms with Gasteiger partial charge in [0.1, 0.15) is 18.1 Å². The number of nitriles is 1. The van der Waals surface area contributed by atoms with E-state index < -0.39 is 0 Å². The van der Waals surface area contributed by atoms with E-state index in [1.165, 1.54) is 12.3 Å². The molecule has 0 radical (unpaired) electrons. The highest BCUT2D eigenvalue weighted by atomic mass is 16.5. The van der Waals surface area contributed by atoms with E-state index >= 15 is 0 Å². The van der Waals surface area contributed by atoms with Crippen molar-refractivity contribution in [3.63, 3.8) is 0 Å². The van der Waals surface area contributed by atoms with Gasteiger partial charge in [-0.25, -0.2) is 0 Å². The third kappa shape index (κ3) is 8.28. The van der Waals surface area contributed by atoms with Crippen LogP contribution in [0.2, 0.25) is 0 Å². The lowest BCUT2D eigenvalue weighted by molar-refractivity contribution is 0.212. The van der Waals surface area contributed by atoms with E-state index in [4.69, 9.17) is 10.00 Å². The summed E-state index contributed by atoms with van der Waals surface area (Å²) in [5, 5.41) is 8.23. The smallest absolute Gasteiger partial charge is 0.292 e. The van der Waals surface area contributed by atoms with Crippen molar-refractivity contribution in [3.8, 4) is 6.26 Å². The number of benzene rings is 1. The van der Waals surface area contributed by atoms with Gasteiger partial charge in [-0.15, -0.1) is 5.26 Å². The van der Waals surface area contributed by atoms with Crippen molar-refractivity contribution in [2.24, 2.45) is 0 Å². The minimum atomic E-state index is 0.247. The maximum Gasteiger partial charge on any atom is 0.292 e. The van der Waals surface area contributed by atoms with Gasteiger partial charge in [-0.05, 0) is 17.7 Å². The molecule has 1 aromatic rings. The molecule has 0 saturated heterocycles. The molecule has 0 unspecified atom stereocenters. The summed E-state index contributed by atoms with van der Waals surface area (Å²) in [4.78, 5) is 0. The molecule has 19 heavy (non-hydrogen) atoms. The Hall–Kier alpha value is -2.47. The van der Waals surface area contributed by atoms with Crippen molar-refractivity contribution in [2.45, 2.75) is 20.5 Å². The molecule has 0 bridgehead atoms. The molecular formula is C16H19NO2. The topological polar surface area (TPSA) is 42.2 Å². The predicted octanol–water partition coefficient (Wildman–Crippen LogP) is 4.31. The Bertz CT molecular complexity index is 455. The van der Waals surface area contributed by atoms with Gasteiger partial charge in [-0.1, -0.05) is 57.3 Å². The van der Waals surface area contributed by atoms with Crippen LogP contribution in [0.25, 0.3) is 0 Å². The van der Waals surface area contributed by atoms with Gasteiger partial charge in [0.25, 0.3) is 6.26 Å². The van der Waals surface area contributed by atoms with E-state index in [9.17, 15) is 0 Å². The molecule has 3 heteroatoms. The highest BCUT2D eigenvalue weighted by Crippen LogP contribution is 2.06. The van der Waals surface area contributed by atoms with Crippen molar-refractivity contribution in [1.82, 2.24) is 0 Å². The Labute approximate surface area is 115 Å². The molecule has 0 heterocycles. The molecule has 0 aromatic heterocycles. The fraction of sp³-hybridized carbons (Fsp3) is 0.188. The zero-order chi connectivity index (χ0) is 14.5. The molecule has 0 fully saturated rings. The van der Waals surface area contributed by atoms with Gasteiger partial charge in [0.2, 0.25) is 0 Å². The first kappa shape index (κ1) is 16.5. The lowest BCUT2D eigenvalue weighted by atomic mass is 10.2. The highest BCUT2D eigenvalue weighted by Gasteiger charge is 1.93. The Balaban J connectivity index is 0.00000154. The van der Waals surface area contributed by atoms with Crippen LogP contribution in [0.15, 0.2) is 67.2 Å². The largest absolute Gasteiger partial charge is 0.490 e. The first-order chi connectivity index (χ1) is 9.22. The summed E-state index contributed by atoms with van der Waals surface area (Å²) in [6.07, 6.45) is 4.65. The van der Waals surface area contributed by atoms with Crippen LogP contribution in [0.1, 0.15) is 19.4 Å². The number of allylic oxidation sites excluding steroid dienone is 2. The van der Waals surface area contributed by atoms with Crippen LogP contribution < -0.4 is 0 Å². The number of hydrogen-bond acceptors (Lipinski definition) is 3. The third-order valence-electron chi connectivity index (χ3n) is 1.90. The van der Waals surface area contributed by atoms with Crippen molar-refractivity contribution in [2.75, 3.05) is 0 Å². The first-order valence-electron chi connectivity index (χ1n) is 6.01. The Kier molecular flexibility index (Phi) is 9.28. The quantitative estimate of drug-likeness (QED) is 0.433. The number of rotatable bonds is 6. The summed E-state index contributed by atoms with van der Waals surface area (Å²) in [5.41, 5.74) is 1.06. The molecule has 0 spiro atoms. The molecule has 100 valence electrons. The monoisotopic (exact) mass is 257 g/mol. The van der Waals surface area contributed by atoms with Crippen LogP contribution in [-0.4, -0.2) is 0 Å². The van der Waals surface area contributed by atoms with Crippen LogP contribution in [0.5, 0.6) is 0 Å². The zero-order valence-electron chi connectivity index (χ0n) is 11.4. The van der Waals surface area contributed by atoms with Gasteiger partial charge in [-0.3, -0.25) is 0 Å². The summed E-state index contributed by atoms with van der Waals surface area (Å²) in [6.45, 7) is 11.7. The van der Waals surface area contributed by atoms with Gasteiger partial charge < -0.3 is 9.47 Å². The highest BCUT2D eigenvalue weighted by molar-refractivity contribution is 5.19. The van der Waals surface area contributed by atoms with Gasteiger partial charge in [-0.2, -0.15) is 0 Å². The van der Waals surface area contributed by atoms with E-state index in [-0.39, 0.29) is 5.76 Å². The Morgan fingerprint density at radius 3 is 2.32 bits per heavy atom. The van der Waals surface area contributed by atoms with E-state index in [0.717, 1.165) is 5.56 Å². The summed E-state index contributed by atoms with van der Waals surface area (Å²) in [7, 11) is 0. The van der Waals surface area contributed by atoms with E-state index in [0.29, 0.717) is 12.4 Å². The van der Waals surface area contributed by atoms with Crippen molar-refractivity contribution >= 4 is 0 Å². The third-order valence-corrected chi connectivity index (χ3v) is 1.90. The first-order valence-corrected chi connectivity index (χ1v) is 6.01. The van der Waals surface area contributed by atoms with Crippen molar-refractivity contribution < 1.29 is 9.47 Å². The maximum atomic E-state index is 8.23.